The number of amides is 2. The number of nitrogens with two attached hydrogens (primary N) is 1. The fourth-order valence-corrected chi connectivity index (χ4v) is 2.19. The summed E-state index contributed by atoms with van der Waals surface area (Å²) in [6.07, 6.45) is 1.71. The zero-order chi connectivity index (χ0) is 14.1. The first-order valence-electron chi connectivity index (χ1n) is 6.25. The average molecular weight is 271 g/mol. The number of benzene rings is 1. The number of aromatic nitrogens is 3. The Kier molecular flexibility index (Phi) is 3.03. The van der Waals surface area contributed by atoms with Crippen molar-refractivity contribution in [2.45, 2.75) is 13.1 Å². The molecule has 0 aliphatic carbocycles. The molecule has 0 saturated heterocycles. The molecule has 20 heavy (non-hydrogen) atoms. The van der Waals surface area contributed by atoms with Crippen molar-refractivity contribution < 1.29 is 9.59 Å². The fraction of sp³-hybridized carbons (Fsp3) is 0.231. The van der Waals surface area contributed by atoms with Crippen LogP contribution >= 0.6 is 0 Å². The van der Waals surface area contributed by atoms with E-state index in [1.165, 1.54) is 4.90 Å². The zero-order valence-electron chi connectivity index (χ0n) is 10.7. The van der Waals surface area contributed by atoms with Crippen LogP contribution in [0.1, 0.15) is 26.4 Å². The van der Waals surface area contributed by atoms with Crippen LogP contribution in [-0.4, -0.2) is 38.3 Å². The number of fused-ring (bicyclic) bond motifs is 1. The van der Waals surface area contributed by atoms with Crippen LogP contribution < -0.4 is 5.73 Å². The van der Waals surface area contributed by atoms with Gasteiger partial charge in [0.15, 0.2) is 0 Å². The minimum absolute atomic E-state index is 0.259. The van der Waals surface area contributed by atoms with Crippen molar-refractivity contribution in [3.63, 3.8) is 0 Å². The van der Waals surface area contributed by atoms with E-state index in [0.29, 0.717) is 29.9 Å². The van der Waals surface area contributed by atoms with Crippen molar-refractivity contribution in [2.24, 2.45) is 5.73 Å². The molecular formula is C13H13N5O2. The van der Waals surface area contributed by atoms with Crippen LogP contribution in [0.15, 0.2) is 30.5 Å². The third-order valence-corrected chi connectivity index (χ3v) is 3.23. The SMILES string of the molecule is NCc1cn(CCN2C(=O)c3ccccc3C2=O)nn1. The molecule has 2 amide bonds. The molecule has 0 bridgehead atoms. The Labute approximate surface area is 115 Å². The van der Waals surface area contributed by atoms with E-state index in [2.05, 4.69) is 10.3 Å². The molecule has 0 atom stereocenters. The van der Waals surface area contributed by atoms with Gasteiger partial charge < -0.3 is 5.73 Å². The van der Waals surface area contributed by atoms with Crippen LogP contribution in [0.5, 0.6) is 0 Å². The third kappa shape index (κ3) is 1.97. The lowest BCUT2D eigenvalue weighted by molar-refractivity contribution is 0.0647. The minimum Gasteiger partial charge on any atom is -0.325 e. The number of carbonyl (C=O) groups excluding carboxylic acids is 2. The summed E-state index contributed by atoms with van der Waals surface area (Å²) in [6.45, 7) is 0.977. The van der Waals surface area contributed by atoms with Crippen molar-refractivity contribution in [1.82, 2.24) is 19.9 Å². The van der Waals surface area contributed by atoms with E-state index in [9.17, 15) is 9.59 Å². The second-order valence-corrected chi connectivity index (χ2v) is 4.48. The van der Waals surface area contributed by atoms with Gasteiger partial charge in [0.1, 0.15) is 0 Å². The highest BCUT2D eigenvalue weighted by Gasteiger charge is 2.34. The molecule has 2 N–H and O–H groups in total. The Bertz CT molecular complexity index is 644. The van der Waals surface area contributed by atoms with Crippen molar-refractivity contribution in [2.75, 3.05) is 6.54 Å². The molecule has 102 valence electrons. The van der Waals surface area contributed by atoms with Crippen LogP contribution in [0.2, 0.25) is 0 Å². The summed E-state index contributed by atoms with van der Waals surface area (Å²) in [5.74, 6) is -0.519. The van der Waals surface area contributed by atoms with Crippen molar-refractivity contribution in [3.8, 4) is 0 Å². The maximum absolute atomic E-state index is 12.1. The number of nitrogens with zero attached hydrogens (tertiary/aromatic N) is 4. The Morgan fingerprint density at radius 2 is 1.70 bits per heavy atom. The standard InChI is InChI=1S/C13H13N5O2/c14-7-9-8-17(16-15-9)5-6-18-12(19)10-3-1-2-4-11(10)13(18)20/h1-4,8H,5-7,14H2. The first-order valence-corrected chi connectivity index (χ1v) is 6.25. The molecule has 1 aliphatic rings. The summed E-state index contributed by atoms with van der Waals surface area (Å²) in [5.41, 5.74) is 7.04. The summed E-state index contributed by atoms with van der Waals surface area (Å²) >= 11 is 0. The lowest BCUT2D eigenvalue weighted by Crippen LogP contribution is -2.33. The lowest BCUT2D eigenvalue weighted by Gasteiger charge is -2.13. The number of carbonyl (C=O) groups is 2. The molecular weight excluding hydrogens is 258 g/mol. The van der Waals surface area contributed by atoms with Gasteiger partial charge in [-0.25, -0.2) is 0 Å². The van der Waals surface area contributed by atoms with Crippen molar-refractivity contribution in [1.29, 1.82) is 0 Å². The van der Waals surface area contributed by atoms with Gasteiger partial charge in [-0.2, -0.15) is 0 Å². The molecule has 1 aromatic carbocycles. The normalized spacial score (nSPS) is 13.9. The van der Waals surface area contributed by atoms with Gasteiger partial charge in [0.25, 0.3) is 11.8 Å². The van der Waals surface area contributed by atoms with Crippen molar-refractivity contribution >= 4 is 11.8 Å². The summed E-state index contributed by atoms with van der Waals surface area (Å²) in [5, 5.41) is 7.74. The maximum atomic E-state index is 12.1. The van der Waals surface area contributed by atoms with E-state index in [-0.39, 0.29) is 18.4 Å². The molecule has 1 aromatic heterocycles. The van der Waals surface area contributed by atoms with E-state index in [0.717, 1.165) is 0 Å². The molecule has 3 rings (SSSR count). The van der Waals surface area contributed by atoms with Crippen LogP contribution in [0.3, 0.4) is 0 Å². The summed E-state index contributed by atoms with van der Waals surface area (Å²) in [6, 6.07) is 6.83. The molecule has 2 heterocycles. The molecule has 7 heteroatoms. The number of rotatable bonds is 4. The Morgan fingerprint density at radius 3 is 2.25 bits per heavy atom. The second kappa shape index (κ2) is 4.86. The van der Waals surface area contributed by atoms with E-state index < -0.39 is 0 Å². The smallest absolute Gasteiger partial charge is 0.261 e. The van der Waals surface area contributed by atoms with E-state index in [1.807, 2.05) is 0 Å². The van der Waals surface area contributed by atoms with Crippen LogP contribution in [0, 0.1) is 0 Å². The van der Waals surface area contributed by atoms with Gasteiger partial charge in [-0.05, 0) is 12.1 Å². The monoisotopic (exact) mass is 271 g/mol. The molecule has 0 unspecified atom stereocenters. The average Bonchev–Trinajstić information content (AvgIpc) is 3.03. The van der Waals surface area contributed by atoms with Crippen LogP contribution in [0.25, 0.3) is 0 Å². The number of hydrogen-bond acceptors (Lipinski definition) is 5. The minimum atomic E-state index is -0.259. The van der Waals surface area contributed by atoms with Gasteiger partial charge >= 0.3 is 0 Å². The largest absolute Gasteiger partial charge is 0.325 e. The van der Waals surface area contributed by atoms with Gasteiger partial charge in [-0.1, -0.05) is 17.3 Å². The third-order valence-electron chi connectivity index (χ3n) is 3.23. The first-order chi connectivity index (χ1) is 9.70. The van der Waals surface area contributed by atoms with Crippen LogP contribution in [0.4, 0.5) is 0 Å². The molecule has 0 spiro atoms. The Morgan fingerprint density at radius 1 is 1.05 bits per heavy atom. The molecule has 7 nitrogen and oxygen atoms in total. The van der Waals surface area contributed by atoms with Gasteiger partial charge in [-0.3, -0.25) is 19.2 Å². The van der Waals surface area contributed by atoms with Gasteiger partial charge in [0.2, 0.25) is 0 Å². The van der Waals surface area contributed by atoms with Crippen molar-refractivity contribution in [3.05, 3.63) is 47.3 Å². The highest BCUT2D eigenvalue weighted by atomic mass is 16.2. The Hall–Kier alpha value is -2.54. The summed E-state index contributed by atoms with van der Waals surface area (Å²) < 4.78 is 1.58. The second-order valence-electron chi connectivity index (χ2n) is 4.48. The summed E-state index contributed by atoms with van der Waals surface area (Å²) in [4.78, 5) is 25.5. The fourth-order valence-electron chi connectivity index (χ4n) is 2.19. The van der Waals surface area contributed by atoms with E-state index in [4.69, 9.17) is 5.73 Å². The summed E-state index contributed by atoms with van der Waals surface area (Å²) in [7, 11) is 0. The van der Waals surface area contributed by atoms with E-state index >= 15 is 0 Å². The number of imide groups is 1. The maximum Gasteiger partial charge on any atom is 0.261 e. The first kappa shape index (κ1) is 12.5. The van der Waals surface area contributed by atoms with Crippen LogP contribution in [-0.2, 0) is 13.1 Å². The van der Waals surface area contributed by atoms with Gasteiger partial charge in [-0.15, -0.1) is 5.10 Å². The molecule has 1 aliphatic heterocycles. The lowest BCUT2D eigenvalue weighted by atomic mass is 10.1. The molecule has 2 aromatic rings. The highest BCUT2D eigenvalue weighted by Crippen LogP contribution is 2.22. The zero-order valence-corrected chi connectivity index (χ0v) is 10.7. The Balaban J connectivity index is 1.73. The molecule has 0 saturated carbocycles. The predicted octanol–water partition coefficient (Wildman–Crippen LogP) is 0.0330. The predicted molar refractivity (Wildman–Crippen MR) is 69.7 cm³/mol. The van der Waals surface area contributed by atoms with Gasteiger partial charge in [0.05, 0.1) is 23.4 Å². The van der Waals surface area contributed by atoms with E-state index in [1.54, 1.807) is 35.1 Å². The van der Waals surface area contributed by atoms with Gasteiger partial charge in [0, 0.05) is 19.3 Å². The quantitative estimate of drug-likeness (QED) is 0.792. The molecule has 0 fully saturated rings. The number of hydrogen-bond donors (Lipinski definition) is 1. The molecule has 0 radical (unpaired) electrons. The topological polar surface area (TPSA) is 94.1 Å². The highest BCUT2D eigenvalue weighted by molar-refractivity contribution is 6.21.